The Hall–Kier alpha value is -1.89. The van der Waals surface area contributed by atoms with Crippen LogP contribution in [0.1, 0.15) is 5.56 Å². The first-order valence-corrected chi connectivity index (χ1v) is 5.76. The van der Waals surface area contributed by atoms with Crippen molar-refractivity contribution < 1.29 is 14.5 Å². The van der Waals surface area contributed by atoms with Gasteiger partial charge in [-0.2, -0.15) is 5.26 Å². The molecule has 1 aromatic rings. The van der Waals surface area contributed by atoms with E-state index in [9.17, 15) is 14.9 Å². The van der Waals surface area contributed by atoms with Crippen LogP contribution in [0.25, 0.3) is 0 Å². The lowest BCUT2D eigenvalue weighted by molar-refractivity contribution is -0.384. The number of nitrogens with zero attached hydrogens (tertiary/aromatic N) is 2. The summed E-state index contributed by atoms with van der Waals surface area (Å²) in [6.07, 6.45) is -0.700. The Labute approximate surface area is 116 Å². The fourth-order valence-electron chi connectivity index (χ4n) is 1.24. The molecule has 18 heavy (non-hydrogen) atoms. The third-order valence-corrected chi connectivity index (χ3v) is 3.06. The largest absolute Gasteiger partial charge is 0.453 e. The van der Waals surface area contributed by atoms with Gasteiger partial charge in [0, 0.05) is 9.64 Å². The standard InChI is InChI=1S/C10H8IN3O4/c1-18-10(15)13-8-4-6(2-3-12)7(11)5-9(8)14(16)17/h4-5H,2H2,1H3,(H,13,15). The molecule has 7 nitrogen and oxygen atoms in total. The average molecular weight is 361 g/mol. The maximum Gasteiger partial charge on any atom is 0.411 e. The Kier molecular flexibility index (Phi) is 4.85. The Balaban J connectivity index is 3.26. The molecule has 0 saturated heterocycles. The summed E-state index contributed by atoms with van der Waals surface area (Å²) in [5.41, 5.74) is 0.374. The molecular formula is C10H8IN3O4. The Morgan fingerprint density at radius 2 is 2.33 bits per heavy atom. The van der Waals surface area contributed by atoms with E-state index in [2.05, 4.69) is 10.1 Å². The summed E-state index contributed by atoms with van der Waals surface area (Å²) >= 11 is 1.90. The first-order valence-electron chi connectivity index (χ1n) is 4.68. The maximum absolute atomic E-state index is 11.1. The zero-order chi connectivity index (χ0) is 13.7. The van der Waals surface area contributed by atoms with E-state index in [0.29, 0.717) is 9.13 Å². The van der Waals surface area contributed by atoms with Crippen molar-refractivity contribution in [3.63, 3.8) is 0 Å². The number of carbonyl (C=O) groups is 1. The lowest BCUT2D eigenvalue weighted by atomic mass is 10.1. The van der Waals surface area contributed by atoms with Crippen LogP contribution >= 0.6 is 22.6 Å². The normalized spacial score (nSPS) is 9.39. The zero-order valence-electron chi connectivity index (χ0n) is 9.27. The molecule has 0 atom stereocenters. The molecule has 0 aliphatic heterocycles. The number of nitriles is 1. The van der Waals surface area contributed by atoms with Gasteiger partial charge in [-0.15, -0.1) is 0 Å². The summed E-state index contributed by atoms with van der Waals surface area (Å²) in [7, 11) is 1.16. The number of carbonyl (C=O) groups excluding carboxylic acids is 1. The van der Waals surface area contributed by atoms with Crippen LogP contribution in [0.2, 0.25) is 0 Å². The fourth-order valence-corrected chi connectivity index (χ4v) is 1.88. The number of amides is 1. The van der Waals surface area contributed by atoms with Crippen LogP contribution in [0, 0.1) is 25.0 Å². The number of halogens is 1. The van der Waals surface area contributed by atoms with Crippen LogP contribution in [-0.4, -0.2) is 18.1 Å². The van der Waals surface area contributed by atoms with E-state index < -0.39 is 11.0 Å². The summed E-state index contributed by atoms with van der Waals surface area (Å²) < 4.78 is 4.97. The van der Waals surface area contributed by atoms with Gasteiger partial charge in [0.15, 0.2) is 0 Å². The van der Waals surface area contributed by atoms with Gasteiger partial charge in [0.05, 0.1) is 24.5 Å². The number of anilines is 1. The number of nitrogens with one attached hydrogen (secondary N) is 1. The second-order valence-corrected chi connectivity index (χ2v) is 4.33. The van der Waals surface area contributed by atoms with Gasteiger partial charge in [0.2, 0.25) is 0 Å². The third-order valence-electron chi connectivity index (χ3n) is 2.05. The highest BCUT2D eigenvalue weighted by Gasteiger charge is 2.19. The Bertz CT molecular complexity index is 539. The lowest BCUT2D eigenvalue weighted by Gasteiger charge is -2.07. The molecule has 1 N–H and O–H groups in total. The predicted octanol–water partition coefficient (Wildman–Crippen LogP) is 2.44. The zero-order valence-corrected chi connectivity index (χ0v) is 11.4. The van der Waals surface area contributed by atoms with Gasteiger partial charge in [-0.25, -0.2) is 4.79 Å². The van der Waals surface area contributed by atoms with E-state index in [-0.39, 0.29) is 17.8 Å². The van der Waals surface area contributed by atoms with E-state index in [1.54, 1.807) is 0 Å². The molecule has 1 aromatic carbocycles. The minimum Gasteiger partial charge on any atom is -0.453 e. The minimum absolute atomic E-state index is 0.0116. The molecular weight excluding hydrogens is 353 g/mol. The van der Waals surface area contributed by atoms with Crippen molar-refractivity contribution in [1.29, 1.82) is 5.26 Å². The molecule has 0 fully saturated rings. The van der Waals surface area contributed by atoms with Crippen LogP contribution in [0.15, 0.2) is 12.1 Å². The van der Waals surface area contributed by atoms with E-state index in [1.165, 1.54) is 12.1 Å². The molecule has 1 amide bonds. The van der Waals surface area contributed by atoms with Gasteiger partial charge in [-0.05, 0) is 34.2 Å². The second kappa shape index (κ2) is 6.15. The number of benzene rings is 1. The second-order valence-electron chi connectivity index (χ2n) is 3.17. The molecule has 0 spiro atoms. The number of nitro groups is 1. The van der Waals surface area contributed by atoms with E-state index in [4.69, 9.17) is 5.26 Å². The number of nitro benzene ring substituents is 1. The molecule has 1 rings (SSSR count). The lowest BCUT2D eigenvalue weighted by Crippen LogP contribution is -2.13. The molecule has 94 valence electrons. The summed E-state index contributed by atoms with van der Waals surface area (Å²) in [4.78, 5) is 21.3. The van der Waals surface area contributed by atoms with Gasteiger partial charge in [-0.1, -0.05) is 0 Å². The molecule has 0 unspecified atom stereocenters. The van der Waals surface area contributed by atoms with Crippen molar-refractivity contribution in [2.24, 2.45) is 0 Å². The molecule has 0 aliphatic rings. The molecule has 0 aliphatic carbocycles. The third kappa shape index (κ3) is 3.30. The van der Waals surface area contributed by atoms with Gasteiger partial charge < -0.3 is 4.74 Å². The first kappa shape index (κ1) is 14.2. The quantitative estimate of drug-likeness (QED) is 0.506. The van der Waals surface area contributed by atoms with Crippen LogP contribution < -0.4 is 5.32 Å². The number of methoxy groups -OCH3 is 1. The van der Waals surface area contributed by atoms with Crippen LogP contribution in [-0.2, 0) is 11.2 Å². The number of ether oxygens (including phenoxy) is 1. The SMILES string of the molecule is COC(=O)Nc1cc(CC#N)c(I)cc1[N+](=O)[O-]. The number of hydrogen-bond donors (Lipinski definition) is 1. The molecule has 0 bridgehead atoms. The monoisotopic (exact) mass is 361 g/mol. The molecule has 0 saturated carbocycles. The van der Waals surface area contributed by atoms with Gasteiger partial charge >= 0.3 is 6.09 Å². The summed E-state index contributed by atoms with van der Waals surface area (Å²) in [6, 6.07) is 4.66. The molecule has 8 heteroatoms. The fraction of sp³-hybridized carbons (Fsp3) is 0.200. The summed E-state index contributed by atoms with van der Waals surface area (Å²) in [5.74, 6) is 0. The van der Waals surface area contributed by atoms with Crippen molar-refractivity contribution in [2.75, 3.05) is 12.4 Å². The highest BCUT2D eigenvalue weighted by atomic mass is 127. The number of rotatable bonds is 3. The van der Waals surface area contributed by atoms with Crippen LogP contribution in [0.5, 0.6) is 0 Å². The first-order chi connectivity index (χ1) is 8.49. The van der Waals surface area contributed by atoms with Crippen molar-refractivity contribution in [3.05, 3.63) is 31.4 Å². The average Bonchev–Trinajstić information content (AvgIpc) is 2.32. The molecule has 0 radical (unpaired) electrons. The maximum atomic E-state index is 11.1. The van der Waals surface area contributed by atoms with Crippen molar-refractivity contribution in [1.82, 2.24) is 0 Å². The van der Waals surface area contributed by atoms with Gasteiger partial charge in [0.25, 0.3) is 5.69 Å². The highest BCUT2D eigenvalue weighted by molar-refractivity contribution is 14.1. The molecule has 0 heterocycles. The smallest absolute Gasteiger partial charge is 0.411 e. The predicted molar refractivity (Wildman–Crippen MR) is 71.2 cm³/mol. The number of hydrogen-bond acceptors (Lipinski definition) is 5. The van der Waals surface area contributed by atoms with Crippen LogP contribution in [0.4, 0.5) is 16.2 Å². The Morgan fingerprint density at radius 1 is 1.67 bits per heavy atom. The van der Waals surface area contributed by atoms with E-state index >= 15 is 0 Å². The van der Waals surface area contributed by atoms with E-state index in [1.807, 2.05) is 28.7 Å². The highest BCUT2D eigenvalue weighted by Crippen LogP contribution is 2.29. The van der Waals surface area contributed by atoms with Crippen molar-refractivity contribution in [2.45, 2.75) is 6.42 Å². The summed E-state index contributed by atoms with van der Waals surface area (Å²) in [6.45, 7) is 0. The van der Waals surface area contributed by atoms with E-state index in [0.717, 1.165) is 7.11 Å². The Morgan fingerprint density at radius 3 is 2.83 bits per heavy atom. The van der Waals surface area contributed by atoms with Crippen LogP contribution in [0.3, 0.4) is 0 Å². The van der Waals surface area contributed by atoms with Crippen molar-refractivity contribution in [3.8, 4) is 6.07 Å². The van der Waals surface area contributed by atoms with Gasteiger partial charge in [0.1, 0.15) is 5.69 Å². The summed E-state index contributed by atoms with van der Waals surface area (Å²) in [5, 5.41) is 21.8. The van der Waals surface area contributed by atoms with Gasteiger partial charge in [-0.3, -0.25) is 15.4 Å². The topological polar surface area (TPSA) is 105 Å². The van der Waals surface area contributed by atoms with Crippen molar-refractivity contribution >= 4 is 40.1 Å². The molecule has 0 aromatic heterocycles. The minimum atomic E-state index is -0.804.